The van der Waals surface area contributed by atoms with Gasteiger partial charge < -0.3 is 4.98 Å². The molecular formula is C14H9Cl2N3. The van der Waals surface area contributed by atoms with Crippen LogP contribution in [-0.2, 0) is 0 Å². The molecular weight excluding hydrogens is 281 g/mol. The van der Waals surface area contributed by atoms with Gasteiger partial charge in [-0.15, -0.1) is 0 Å². The number of aromatic nitrogens is 3. The predicted octanol–water partition coefficient (Wildman–Crippen LogP) is 4.45. The van der Waals surface area contributed by atoms with Crippen LogP contribution in [0.15, 0.2) is 48.8 Å². The van der Waals surface area contributed by atoms with Gasteiger partial charge in [-0.25, -0.2) is 4.98 Å². The first-order valence-corrected chi connectivity index (χ1v) is 6.42. The Morgan fingerprint density at radius 2 is 1.84 bits per heavy atom. The van der Waals surface area contributed by atoms with Gasteiger partial charge in [-0.05, 0) is 18.2 Å². The van der Waals surface area contributed by atoms with Crippen molar-refractivity contribution in [2.75, 3.05) is 0 Å². The zero-order chi connectivity index (χ0) is 13.2. The zero-order valence-corrected chi connectivity index (χ0v) is 11.3. The monoisotopic (exact) mass is 289 g/mol. The smallest absolute Gasteiger partial charge is 0.156 e. The van der Waals surface area contributed by atoms with Crippen LogP contribution in [0.2, 0.25) is 10.0 Å². The molecule has 0 amide bonds. The first-order chi connectivity index (χ1) is 9.25. The number of halogens is 2. The lowest BCUT2D eigenvalue weighted by molar-refractivity contribution is 1.22. The van der Waals surface area contributed by atoms with E-state index >= 15 is 0 Å². The summed E-state index contributed by atoms with van der Waals surface area (Å²) < 4.78 is 0. The highest BCUT2D eigenvalue weighted by atomic mass is 35.5. The number of aromatic amines is 1. The van der Waals surface area contributed by atoms with Crippen molar-refractivity contribution in [3.05, 3.63) is 58.8 Å². The number of hydrogen-bond donors (Lipinski definition) is 1. The van der Waals surface area contributed by atoms with Gasteiger partial charge in [-0.2, -0.15) is 0 Å². The first-order valence-electron chi connectivity index (χ1n) is 5.67. The van der Waals surface area contributed by atoms with Crippen molar-refractivity contribution in [2.24, 2.45) is 0 Å². The topological polar surface area (TPSA) is 41.6 Å². The van der Waals surface area contributed by atoms with Crippen molar-refractivity contribution < 1.29 is 0 Å². The molecule has 1 aromatic carbocycles. The fourth-order valence-electron chi connectivity index (χ4n) is 1.80. The molecule has 0 aliphatic rings. The minimum absolute atomic E-state index is 0.503. The van der Waals surface area contributed by atoms with Crippen LogP contribution in [0.5, 0.6) is 0 Å². The molecule has 0 aliphatic carbocycles. The van der Waals surface area contributed by atoms with Crippen LogP contribution in [0, 0.1) is 0 Å². The maximum atomic E-state index is 6.18. The van der Waals surface area contributed by atoms with Crippen molar-refractivity contribution in [3.63, 3.8) is 0 Å². The maximum absolute atomic E-state index is 6.18. The molecule has 19 heavy (non-hydrogen) atoms. The van der Waals surface area contributed by atoms with E-state index in [0.29, 0.717) is 15.9 Å². The van der Waals surface area contributed by atoms with E-state index in [1.165, 1.54) is 0 Å². The van der Waals surface area contributed by atoms with Crippen molar-refractivity contribution >= 4 is 23.2 Å². The summed E-state index contributed by atoms with van der Waals surface area (Å²) in [5.74, 6) is 0.701. The lowest BCUT2D eigenvalue weighted by atomic mass is 10.2. The van der Waals surface area contributed by atoms with Crippen LogP contribution in [0.4, 0.5) is 0 Å². The summed E-state index contributed by atoms with van der Waals surface area (Å²) in [6.45, 7) is 0. The fourth-order valence-corrected chi connectivity index (χ4v) is 2.19. The average Bonchev–Trinajstić information content (AvgIpc) is 2.92. The molecule has 0 saturated heterocycles. The minimum Gasteiger partial charge on any atom is -0.343 e. The lowest BCUT2D eigenvalue weighted by Crippen LogP contribution is -1.84. The standard InChI is InChI=1S/C14H9Cl2N3/c15-10-5-3-4-9(13(10)16)12-8-18-14(19-12)11-6-1-2-7-17-11/h1-8H,(H,18,19). The molecule has 2 heterocycles. The second-order valence-corrected chi connectivity index (χ2v) is 4.74. The van der Waals surface area contributed by atoms with Gasteiger partial charge in [-0.1, -0.05) is 41.4 Å². The maximum Gasteiger partial charge on any atom is 0.156 e. The molecule has 94 valence electrons. The molecule has 3 nitrogen and oxygen atoms in total. The van der Waals surface area contributed by atoms with Crippen molar-refractivity contribution in [2.45, 2.75) is 0 Å². The zero-order valence-electron chi connectivity index (χ0n) is 9.77. The third-order valence-electron chi connectivity index (χ3n) is 2.71. The Morgan fingerprint density at radius 3 is 2.63 bits per heavy atom. The number of nitrogens with zero attached hydrogens (tertiary/aromatic N) is 2. The van der Waals surface area contributed by atoms with Crippen LogP contribution in [0.1, 0.15) is 0 Å². The molecule has 0 atom stereocenters. The molecule has 1 N–H and O–H groups in total. The van der Waals surface area contributed by atoms with Gasteiger partial charge in [0.05, 0.1) is 15.7 Å². The van der Waals surface area contributed by atoms with Gasteiger partial charge in [-0.3, -0.25) is 4.98 Å². The third-order valence-corrected chi connectivity index (χ3v) is 3.53. The average molecular weight is 290 g/mol. The number of imidazole rings is 1. The summed E-state index contributed by atoms with van der Waals surface area (Å²) in [4.78, 5) is 11.8. The summed E-state index contributed by atoms with van der Waals surface area (Å²) >= 11 is 12.2. The van der Waals surface area contributed by atoms with Gasteiger partial charge >= 0.3 is 0 Å². The molecule has 0 unspecified atom stereocenters. The number of hydrogen-bond acceptors (Lipinski definition) is 2. The van der Waals surface area contributed by atoms with E-state index in [2.05, 4.69) is 15.0 Å². The Labute approximate surface area is 120 Å². The van der Waals surface area contributed by atoms with E-state index < -0.39 is 0 Å². The second-order valence-electron chi connectivity index (χ2n) is 3.95. The van der Waals surface area contributed by atoms with Crippen molar-refractivity contribution in [3.8, 4) is 22.8 Å². The molecule has 0 fully saturated rings. The number of nitrogens with one attached hydrogen (secondary N) is 1. The quantitative estimate of drug-likeness (QED) is 0.757. The summed E-state index contributed by atoms with van der Waals surface area (Å²) in [6.07, 6.45) is 3.52. The highest BCUT2D eigenvalue weighted by Crippen LogP contribution is 2.33. The Morgan fingerprint density at radius 1 is 0.947 bits per heavy atom. The van der Waals surface area contributed by atoms with Gasteiger partial charge in [0.2, 0.25) is 0 Å². The SMILES string of the molecule is Clc1cccc(-c2c[nH]c(-c3ccccn3)n2)c1Cl. The van der Waals surface area contributed by atoms with Crippen molar-refractivity contribution in [1.29, 1.82) is 0 Å². The van der Waals surface area contributed by atoms with Gasteiger partial charge in [0.15, 0.2) is 5.82 Å². The first kappa shape index (κ1) is 12.2. The van der Waals surface area contributed by atoms with E-state index in [0.717, 1.165) is 17.0 Å². The van der Waals surface area contributed by atoms with E-state index in [-0.39, 0.29) is 0 Å². The number of pyridine rings is 1. The molecule has 0 aliphatic heterocycles. The largest absolute Gasteiger partial charge is 0.343 e. The number of benzene rings is 1. The number of rotatable bonds is 2. The van der Waals surface area contributed by atoms with Gasteiger partial charge in [0, 0.05) is 18.0 Å². The van der Waals surface area contributed by atoms with Gasteiger partial charge in [0.1, 0.15) is 5.69 Å². The highest BCUT2D eigenvalue weighted by molar-refractivity contribution is 6.43. The molecule has 3 aromatic rings. The highest BCUT2D eigenvalue weighted by Gasteiger charge is 2.11. The fraction of sp³-hybridized carbons (Fsp3) is 0. The number of H-pyrrole nitrogens is 1. The summed E-state index contributed by atoms with van der Waals surface area (Å²) in [6, 6.07) is 11.1. The normalized spacial score (nSPS) is 10.6. The molecule has 0 spiro atoms. The Kier molecular flexibility index (Phi) is 3.23. The molecule has 2 aromatic heterocycles. The molecule has 3 rings (SSSR count). The van der Waals surface area contributed by atoms with Gasteiger partial charge in [0.25, 0.3) is 0 Å². The minimum atomic E-state index is 0.503. The Balaban J connectivity index is 2.05. The Bertz CT molecular complexity index is 708. The summed E-state index contributed by atoms with van der Waals surface area (Å²) in [5.41, 5.74) is 2.33. The third kappa shape index (κ3) is 2.35. The molecule has 5 heteroatoms. The van der Waals surface area contributed by atoms with E-state index in [1.807, 2.05) is 30.3 Å². The van der Waals surface area contributed by atoms with Crippen LogP contribution in [0.25, 0.3) is 22.8 Å². The second kappa shape index (κ2) is 5.03. The van der Waals surface area contributed by atoms with Crippen molar-refractivity contribution in [1.82, 2.24) is 15.0 Å². The summed E-state index contributed by atoms with van der Waals surface area (Å²) in [5, 5.41) is 1.02. The van der Waals surface area contributed by atoms with E-state index in [1.54, 1.807) is 18.5 Å². The van der Waals surface area contributed by atoms with E-state index in [4.69, 9.17) is 23.2 Å². The molecule has 0 saturated carbocycles. The predicted molar refractivity (Wildman–Crippen MR) is 77.3 cm³/mol. The van der Waals surface area contributed by atoms with E-state index in [9.17, 15) is 0 Å². The molecule has 0 radical (unpaired) electrons. The summed E-state index contributed by atoms with van der Waals surface area (Å²) in [7, 11) is 0. The van der Waals surface area contributed by atoms with Crippen LogP contribution >= 0.6 is 23.2 Å². The Hall–Kier alpha value is -1.84. The van der Waals surface area contributed by atoms with Crippen LogP contribution in [-0.4, -0.2) is 15.0 Å². The lowest BCUT2D eigenvalue weighted by Gasteiger charge is -2.01. The van der Waals surface area contributed by atoms with Crippen LogP contribution in [0.3, 0.4) is 0 Å². The molecule has 0 bridgehead atoms. The van der Waals surface area contributed by atoms with Crippen LogP contribution < -0.4 is 0 Å².